The van der Waals surface area contributed by atoms with Crippen molar-refractivity contribution in [3.05, 3.63) is 12.3 Å². The number of nitrogens with zero attached hydrogens (tertiary/aromatic N) is 4. The quantitative estimate of drug-likeness (QED) is 0.775. The predicted octanol–water partition coefficient (Wildman–Crippen LogP) is 0.736. The molecule has 0 amide bonds. The Morgan fingerprint density at radius 3 is 2.95 bits per heavy atom. The molecule has 0 radical (unpaired) electrons. The van der Waals surface area contributed by atoms with Gasteiger partial charge in [-0.2, -0.15) is 4.98 Å². The van der Waals surface area contributed by atoms with E-state index in [2.05, 4.69) is 19.8 Å². The van der Waals surface area contributed by atoms with Crippen LogP contribution in [0.1, 0.15) is 19.3 Å². The highest BCUT2D eigenvalue weighted by atomic mass is 16.5. The highest BCUT2D eigenvalue weighted by Crippen LogP contribution is 2.14. The molecule has 6 heteroatoms. The fraction of sp³-hybridized carbons (Fsp3) is 0.714. The van der Waals surface area contributed by atoms with Crippen molar-refractivity contribution >= 4 is 5.95 Å². The Morgan fingerprint density at radius 2 is 2.15 bits per heavy atom. The van der Waals surface area contributed by atoms with Crippen molar-refractivity contribution in [2.75, 3.05) is 51.3 Å². The van der Waals surface area contributed by atoms with Gasteiger partial charge in [-0.15, -0.1) is 0 Å². The van der Waals surface area contributed by atoms with Crippen LogP contribution in [0.4, 0.5) is 5.95 Å². The van der Waals surface area contributed by atoms with Crippen LogP contribution in [-0.4, -0.2) is 61.2 Å². The molecule has 0 aromatic carbocycles. The molecule has 0 aliphatic carbocycles. The van der Waals surface area contributed by atoms with Crippen molar-refractivity contribution in [1.82, 2.24) is 14.9 Å². The topological polar surface area (TPSA) is 67.5 Å². The van der Waals surface area contributed by atoms with E-state index in [9.17, 15) is 0 Å². The summed E-state index contributed by atoms with van der Waals surface area (Å²) in [7, 11) is 1.63. The van der Waals surface area contributed by atoms with E-state index < -0.39 is 0 Å². The highest BCUT2D eigenvalue weighted by Gasteiger charge is 2.16. The average Bonchev–Trinajstić information content (AvgIpc) is 2.73. The Hall–Kier alpha value is -1.40. The molecule has 0 spiro atoms. The molecule has 0 bridgehead atoms. The van der Waals surface area contributed by atoms with E-state index in [-0.39, 0.29) is 0 Å². The summed E-state index contributed by atoms with van der Waals surface area (Å²) >= 11 is 0. The van der Waals surface area contributed by atoms with Crippen LogP contribution in [0.5, 0.6) is 5.88 Å². The second kappa shape index (κ2) is 8.01. The third kappa shape index (κ3) is 4.31. The summed E-state index contributed by atoms with van der Waals surface area (Å²) in [5.74, 6) is 1.40. The number of hydrogen-bond donors (Lipinski definition) is 1. The van der Waals surface area contributed by atoms with Crippen LogP contribution in [-0.2, 0) is 0 Å². The molecule has 20 heavy (non-hydrogen) atoms. The van der Waals surface area contributed by atoms with Gasteiger partial charge in [0.15, 0.2) is 0 Å². The van der Waals surface area contributed by atoms with Crippen LogP contribution in [0.25, 0.3) is 0 Å². The normalized spacial score (nSPS) is 17.0. The summed E-state index contributed by atoms with van der Waals surface area (Å²) < 4.78 is 5.16. The molecule has 1 saturated heterocycles. The monoisotopic (exact) mass is 279 g/mol. The standard InChI is InChI=1S/C14H25N5O/c1-20-13-5-7-16-14(17-13)19-10-4-9-18(11-12-19)8-3-2-6-15/h5,7H,2-4,6,8-12,15H2,1H3. The van der Waals surface area contributed by atoms with Gasteiger partial charge in [0.2, 0.25) is 11.8 Å². The highest BCUT2D eigenvalue weighted by molar-refractivity contribution is 5.32. The van der Waals surface area contributed by atoms with Gasteiger partial charge in [0.25, 0.3) is 0 Å². The molecule has 112 valence electrons. The minimum Gasteiger partial charge on any atom is -0.481 e. The Kier molecular flexibility index (Phi) is 6.01. The molecular formula is C14H25N5O. The van der Waals surface area contributed by atoms with Crippen molar-refractivity contribution in [3.8, 4) is 5.88 Å². The fourth-order valence-electron chi connectivity index (χ4n) is 2.47. The van der Waals surface area contributed by atoms with Crippen LogP contribution in [0.2, 0.25) is 0 Å². The van der Waals surface area contributed by atoms with Crippen molar-refractivity contribution in [3.63, 3.8) is 0 Å². The Labute approximate surface area is 120 Å². The first-order chi connectivity index (χ1) is 9.83. The van der Waals surface area contributed by atoms with E-state index >= 15 is 0 Å². The summed E-state index contributed by atoms with van der Waals surface area (Å²) in [6.07, 6.45) is 5.19. The molecular weight excluding hydrogens is 254 g/mol. The van der Waals surface area contributed by atoms with E-state index in [0.717, 1.165) is 58.1 Å². The number of unbranched alkanes of at least 4 members (excludes halogenated alkanes) is 1. The first-order valence-electron chi connectivity index (χ1n) is 7.38. The van der Waals surface area contributed by atoms with Crippen LogP contribution < -0.4 is 15.4 Å². The summed E-state index contributed by atoms with van der Waals surface area (Å²) in [4.78, 5) is 13.5. The van der Waals surface area contributed by atoms with Gasteiger partial charge in [0.1, 0.15) is 0 Å². The Balaban J connectivity index is 1.88. The maximum absolute atomic E-state index is 5.55. The maximum Gasteiger partial charge on any atom is 0.228 e. The molecule has 1 aliphatic rings. The zero-order valence-electron chi connectivity index (χ0n) is 12.3. The molecule has 2 heterocycles. The average molecular weight is 279 g/mol. The largest absolute Gasteiger partial charge is 0.481 e. The van der Waals surface area contributed by atoms with Gasteiger partial charge in [0, 0.05) is 31.9 Å². The van der Waals surface area contributed by atoms with Gasteiger partial charge in [-0.05, 0) is 38.9 Å². The van der Waals surface area contributed by atoms with Gasteiger partial charge in [-0.1, -0.05) is 0 Å². The number of hydrogen-bond acceptors (Lipinski definition) is 6. The first kappa shape index (κ1) is 15.0. The predicted molar refractivity (Wildman–Crippen MR) is 80.1 cm³/mol. The smallest absolute Gasteiger partial charge is 0.228 e. The number of rotatable bonds is 6. The molecule has 1 aromatic heterocycles. The number of methoxy groups -OCH3 is 1. The van der Waals surface area contributed by atoms with Crippen molar-refractivity contribution in [2.24, 2.45) is 5.73 Å². The van der Waals surface area contributed by atoms with Crippen LogP contribution in [0.15, 0.2) is 12.3 Å². The Bertz CT molecular complexity index is 401. The first-order valence-corrected chi connectivity index (χ1v) is 7.38. The van der Waals surface area contributed by atoms with Crippen LogP contribution >= 0.6 is 0 Å². The summed E-state index contributed by atoms with van der Waals surface area (Å²) in [5, 5.41) is 0. The van der Waals surface area contributed by atoms with E-state index in [1.165, 1.54) is 6.42 Å². The summed E-state index contributed by atoms with van der Waals surface area (Å²) in [6, 6.07) is 1.78. The van der Waals surface area contributed by atoms with E-state index in [1.807, 2.05) is 0 Å². The number of anilines is 1. The lowest BCUT2D eigenvalue weighted by atomic mass is 10.3. The van der Waals surface area contributed by atoms with Gasteiger partial charge in [0.05, 0.1) is 7.11 Å². The van der Waals surface area contributed by atoms with Crippen LogP contribution in [0.3, 0.4) is 0 Å². The van der Waals surface area contributed by atoms with Gasteiger partial charge in [-0.25, -0.2) is 4.98 Å². The third-order valence-corrected chi connectivity index (χ3v) is 3.63. The van der Waals surface area contributed by atoms with E-state index in [4.69, 9.17) is 10.5 Å². The lowest BCUT2D eigenvalue weighted by molar-refractivity contribution is 0.287. The zero-order valence-corrected chi connectivity index (χ0v) is 12.3. The molecule has 6 nitrogen and oxygen atoms in total. The summed E-state index contributed by atoms with van der Waals surface area (Å²) in [5.41, 5.74) is 5.55. The molecule has 2 rings (SSSR count). The number of aromatic nitrogens is 2. The molecule has 2 N–H and O–H groups in total. The van der Waals surface area contributed by atoms with Crippen molar-refractivity contribution in [1.29, 1.82) is 0 Å². The second-order valence-corrected chi connectivity index (χ2v) is 5.08. The minimum atomic E-state index is 0.624. The SMILES string of the molecule is COc1ccnc(N2CCCN(CCCCN)CC2)n1. The zero-order chi connectivity index (χ0) is 14.2. The van der Waals surface area contributed by atoms with E-state index in [1.54, 1.807) is 19.4 Å². The lowest BCUT2D eigenvalue weighted by Gasteiger charge is -2.21. The molecule has 0 saturated carbocycles. The molecule has 1 fully saturated rings. The van der Waals surface area contributed by atoms with Gasteiger partial charge in [-0.3, -0.25) is 0 Å². The number of ether oxygens (including phenoxy) is 1. The van der Waals surface area contributed by atoms with Crippen LogP contribution in [0, 0.1) is 0 Å². The summed E-state index contributed by atoms with van der Waals surface area (Å²) in [6.45, 7) is 6.11. The van der Waals surface area contributed by atoms with Crippen molar-refractivity contribution in [2.45, 2.75) is 19.3 Å². The Morgan fingerprint density at radius 1 is 1.25 bits per heavy atom. The number of nitrogens with two attached hydrogens (primary N) is 1. The second-order valence-electron chi connectivity index (χ2n) is 5.08. The third-order valence-electron chi connectivity index (χ3n) is 3.63. The fourth-order valence-corrected chi connectivity index (χ4v) is 2.47. The van der Waals surface area contributed by atoms with Crippen molar-refractivity contribution < 1.29 is 4.74 Å². The lowest BCUT2D eigenvalue weighted by Crippen LogP contribution is -2.32. The minimum absolute atomic E-state index is 0.624. The molecule has 1 aromatic rings. The van der Waals surface area contributed by atoms with E-state index in [0.29, 0.717) is 5.88 Å². The van der Waals surface area contributed by atoms with Gasteiger partial charge < -0.3 is 20.3 Å². The molecule has 0 unspecified atom stereocenters. The maximum atomic E-state index is 5.55. The molecule has 1 aliphatic heterocycles. The molecule has 0 atom stereocenters. The van der Waals surface area contributed by atoms with Gasteiger partial charge >= 0.3 is 0 Å².